The van der Waals surface area contributed by atoms with Crippen LogP contribution in [0.5, 0.6) is 17.2 Å². The molecule has 0 amide bonds. The predicted octanol–water partition coefficient (Wildman–Crippen LogP) is 2.23. The molecule has 0 aliphatic heterocycles. The lowest BCUT2D eigenvalue weighted by atomic mass is 9.77. The number of rotatable bonds is 4. The van der Waals surface area contributed by atoms with Gasteiger partial charge in [0.2, 0.25) is 5.75 Å². The van der Waals surface area contributed by atoms with E-state index >= 15 is 0 Å². The van der Waals surface area contributed by atoms with Crippen molar-refractivity contribution in [2.75, 3.05) is 6.54 Å². The van der Waals surface area contributed by atoms with Crippen LogP contribution < -0.4 is 5.32 Å². The highest BCUT2D eigenvalue weighted by Crippen LogP contribution is 2.37. The minimum absolute atomic E-state index is 0.258. The molecule has 104 valence electrons. The summed E-state index contributed by atoms with van der Waals surface area (Å²) >= 11 is 0. The zero-order valence-electron chi connectivity index (χ0n) is 11.0. The van der Waals surface area contributed by atoms with Crippen molar-refractivity contribution in [2.24, 2.45) is 0 Å². The van der Waals surface area contributed by atoms with Crippen LogP contribution in [-0.2, 0) is 13.0 Å². The van der Waals surface area contributed by atoms with Crippen molar-refractivity contribution in [2.45, 2.75) is 18.9 Å². The molecular weight excluding hydrogens is 254 g/mol. The molecule has 3 rings (SSSR count). The molecule has 0 saturated heterocycles. The molecular formula is C16H17NO3. The normalized spacial score (nSPS) is 16.5. The third kappa shape index (κ3) is 2.18. The highest BCUT2D eigenvalue weighted by Gasteiger charge is 2.24. The van der Waals surface area contributed by atoms with Gasteiger partial charge in [0.25, 0.3) is 0 Å². The van der Waals surface area contributed by atoms with Crippen molar-refractivity contribution < 1.29 is 15.3 Å². The average molecular weight is 271 g/mol. The zero-order chi connectivity index (χ0) is 14.1. The number of fused-ring (bicyclic) bond motifs is 1. The molecule has 1 atom stereocenters. The van der Waals surface area contributed by atoms with E-state index in [4.69, 9.17) is 0 Å². The molecule has 20 heavy (non-hydrogen) atoms. The highest BCUT2D eigenvalue weighted by molar-refractivity contribution is 5.53. The molecule has 0 saturated carbocycles. The molecule has 1 aliphatic rings. The van der Waals surface area contributed by atoms with Gasteiger partial charge in [0.05, 0.1) is 0 Å². The van der Waals surface area contributed by atoms with Crippen LogP contribution in [0.25, 0.3) is 0 Å². The summed E-state index contributed by atoms with van der Waals surface area (Å²) in [6.45, 7) is 1.29. The Bertz CT molecular complexity index is 640. The molecule has 0 heterocycles. The van der Waals surface area contributed by atoms with Crippen LogP contribution in [-0.4, -0.2) is 21.9 Å². The summed E-state index contributed by atoms with van der Waals surface area (Å²) in [7, 11) is 0. The Kier molecular flexibility index (Phi) is 3.24. The summed E-state index contributed by atoms with van der Waals surface area (Å²) < 4.78 is 0. The van der Waals surface area contributed by atoms with Crippen LogP contribution in [0.15, 0.2) is 36.4 Å². The van der Waals surface area contributed by atoms with E-state index in [0.717, 1.165) is 13.0 Å². The first-order chi connectivity index (χ1) is 9.66. The molecule has 2 aromatic rings. The Labute approximate surface area is 117 Å². The van der Waals surface area contributed by atoms with Crippen molar-refractivity contribution in [3.63, 3.8) is 0 Å². The SMILES string of the molecule is Oc1ccc(CNCC2Cc3ccccc32)c(O)c1O. The second-order valence-electron chi connectivity index (χ2n) is 5.17. The van der Waals surface area contributed by atoms with E-state index in [0.29, 0.717) is 18.0 Å². The summed E-state index contributed by atoms with van der Waals surface area (Å²) in [5.74, 6) is -0.511. The lowest BCUT2D eigenvalue weighted by Gasteiger charge is -2.30. The molecule has 1 aliphatic carbocycles. The third-order valence-corrected chi connectivity index (χ3v) is 3.88. The second-order valence-corrected chi connectivity index (χ2v) is 5.17. The number of aromatic hydroxyl groups is 3. The molecule has 0 aromatic heterocycles. The lowest BCUT2D eigenvalue weighted by Crippen LogP contribution is -2.28. The zero-order valence-corrected chi connectivity index (χ0v) is 11.0. The smallest absolute Gasteiger partial charge is 0.200 e. The van der Waals surface area contributed by atoms with E-state index in [-0.39, 0.29) is 11.5 Å². The Morgan fingerprint density at radius 1 is 1.00 bits per heavy atom. The first-order valence-corrected chi connectivity index (χ1v) is 6.68. The lowest BCUT2D eigenvalue weighted by molar-refractivity contribution is 0.363. The Balaban J connectivity index is 1.58. The predicted molar refractivity (Wildman–Crippen MR) is 76.0 cm³/mol. The van der Waals surface area contributed by atoms with Gasteiger partial charge in [-0.1, -0.05) is 30.3 Å². The number of phenols is 3. The maximum atomic E-state index is 9.72. The van der Waals surface area contributed by atoms with Gasteiger partial charge in [0, 0.05) is 24.6 Å². The standard InChI is InChI=1S/C16H17NO3/c18-14-6-5-11(15(19)16(14)20)8-17-9-12-7-10-3-1-2-4-13(10)12/h1-6,12,17-20H,7-9H2. The molecule has 4 heteroatoms. The van der Waals surface area contributed by atoms with Crippen LogP contribution >= 0.6 is 0 Å². The van der Waals surface area contributed by atoms with Crippen LogP contribution in [0.1, 0.15) is 22.6 Å². The van der Waals surface area contributed by atoms with Crippen molar-refractivity contribution in [3.05, 3.63) is 53.1 Å². The fourth-order valence-corrected chi connectivity index (χ4v) is 2.68. The average Bonchev–Trinajstić information content (AvgIpc) is 2.43. The van der Waals surface area contributed by atoms with Gasteiger partial charge in [-0.05, 0) is 23.6 Å². The minimum atomic E-state index is -0.460. The summed E-state index contributed by atoms with van der Waals surface area (Å²) in [5.41, 5.74) is 3.37. The summed E-state index contributed by atoms with van der Waals surface area (Å²) in [6.07, 6.45) is 1.08. The molecule has 4 N–H and O–H groups in total. The topological polar surface area (TPSA) is 72.7 Å². The number of nitrogens with one attached hydrogen (secondary N) is 1. The van der Waals surface area contributed by atoms with Crippen molar-refractivity contribution in [1.29, 1.82) is 0 Å². The maximum Gasteiger partial charge on any atom is 0.200 e. The van der Waals surface area contributed by atoms with E-state index < -0.39 is 5.75 Å². The van der Waals surface area contributed by atoms with E-state index in [9.17, 15) is 15.3 Å². The van der Waals surface area contributed by atoms with E-state index in [1.165, 1.54) is 17.2 Å². The van der Waals surface area contributed by atoms with Gasteiger partial charge in [0.1, 0.15) is 0 Å². The van der Waals surface area contributed by atoms with Gasteiger partial charge in [-0.25, -0.2) is 0 Å². The van der Waals surface area contributed by atoms with Gasteiger partial charge in [-0.15, -0.1) is 0 Å². The minimum Gasteiger partial charge on any atom is -0.504 e. The van der Waals surface area contributed by atoms with E-state index in [1.807, 2.05) is 0 Å². The first-order valence-electron chi connectivity index (χ1n) is 6.68. The fraction of sp³-hybridized carbons (Fsp3) is 0.250. The first kappa shape index (κ1) is 12.8. The van der Waals surface area contributed by atoms with Crippen molar-refractivity contribution in [1.82, 2.24) is 5.32 Å². The quantitative estimate of drug-likeness (QED) is 0.643. The molecule has 1 unspecified atom stereocenters. The Morgan fingerprint density at radius 2 is 1.80 bits per heavy atom. The highest BCUT2D eigenvalue weighted by atomic mass is 16.3. The Morgan fingerprint density at radius 3 is 2.60 bits per heavy atom. The number of phenolic OH excluding ortho intramolecular Hbond substituents is 3. The van der Waals surface area contributed by atoms with E-state index in [2.05, 4.69) is 29.6 Å². The van der Waals surface area contributed by atoms with Crippen LogP contribution in [0, 0.1) is 0 Å². The molecule has 2 aromatic carbocycles. The van der Waals surface area contributed by atoms with Crippen molar-refractivity contribution >= 4 is 0 Å². The van der Waals surface area contributed by atoms with Gasteiger partial charge in [-0.2, -0.15) is 0 Å². The molecule has 0 radical (unpaired) electrons. The largest absolute Gasteiger partial charge is 0.504 e. The summed E-state index contributed by atoms with van der Waals surface area (Å²) in [4.78, 5) is 0. The monoisotopic (exact) mass is 271 g/mol. The maximum absolute atomic E-state index is 9.72. The van der Waals surface area contributed by atoms with Crippen LogP contribution in [0.4, 0.5) is 0 Å². The third-order valence-electron chi connectivity index (χ3n) is 3.88. The molecule has 0 spiro atoms. The number of benzene rings is 2. The Hall–Kier alpha value is -2.20. The van der Waals surface area contributed by atoms with Gasteiger partial charge >= 0.3 is 0 Å². The van der Waals surface area contributed by atoms with Gasteiger partial charge < -0.3 is 20.6 Å². The van der Waals surface area contributed by atoms with Gasteiger partial charge in [-0.3, -0.25) is 0 Å². The number of hydrogen-bond acceptors (Lipinski definition) is 4. The molecule has 0 fully saturated rings. The molecule has 0 bridgehead atoms. The van der Waals surface area contributed by atoms with Crippen molar-refractivity contribution in [3.8, 4) is 17.2 Å². The van der Waals surface area contributed by atoms with Crippen LogP contribution in [0.2, 0.25) is 0 Å². The summed E-state index contributed by atoms with van der Waals surface area (Å²) in [6, 6.07) is 11.4. The van der Waals surface area contributed by atoms with E-state index in [1.54, 1.807) is 6.07 Å². The second kappa shape index (κ2) is 5.06. The summed E-state index contributed by atoms with van der Waals surface area (Å²) in [5, 5.41) is 31.7. The fourth-order valence-electron chi connectivity index (χ4n) is 2.68. The number of hydrogen-bond donors (Lipinski definition) is 4. The van der Waals surface area contributed by atoms with Gasteiger partial charge in [0.15, 0.2) is 11.5 Å². The van der Waals surface area contributed by atoms with Crippen LogP contribution in [0.3, 0.4) is 0 Å². The molecule has 4 nitrogen and oxygen atoms in total.